The molecule has 0 N–H and O–H groups in total. The van der Waals surface area contributed by atoms with Crippen molar-refractivity contribution in [1.29, 1.82) is 0 Å². The van der Waals surface area contributed by atoms with Gasteiger partial charge in [-0.1, -0.05) is 290 Å². The summed E-state index contributed by atoms with van der Waals surface area (Å²) in [6.07, 6.45) is 43.5. The molecular weight excluding hydrogens is 2070 g/mol. The van der Waals surface area contributed by atoms with Gasteiger partial charge in [-0.25, -0.2) is 54.8 Å². The number of nitrogens with zero attached hydrogens (tertiary/aromatic N) is 18. The van der Waals surface area contributed by atoms with Gasteiger partial charge in [0.1, 0.15) is 54.7 Å². The Morgan fingerprint density at radius 1 is 0.283 bits per heavy atom. The second-order valence-corrected chi connectivity index (χ2v) is 37.8. The van der Waals surface area contributed by atoms with Crippen molar-refractivity contribution < 1.29 is 13.3 Å². The molecule has 0 atom stereocenters. The minimum atomic E-state index is -0.963. The van der Waals surface area contributed by atoms with Crippen LogP contribution in [0.15, 0.2) is 302 Å². The first-order valence-corrected chi connectivity index (χ1v) is 62.6. The van der Waals surface area contributed by atoms with Gasteiger partial charge in [-0.15, -0.1) is 34.0 Å². The Hall–Kier alpha value is -10.1. The van der Waals surface area contributed by atoms with Crippen molar-refractivity contribution in [3.8, 4) is 0 Å². The minimum absolute atomic E-state index is 0.597. The molecule has 21 nitrogen and oxygen atoms in total. The summed E-state index contributed by atoms with van der Waals surface area (Å²) in [7, 11) is -0.963. The zero-order chi connectivity index (χ0) is 116. The number of rotatable bonds is 0. The maximum Gasteiger partial charge on any atom is 0.190 e. The van der Waals surface area contributed by atoms with Crippen LogP contribution in [0.2, 0.25) is 13.1 Å². The fraction of sp³-hybridized carbons (Fsp3) is 0.453. The monoisotopic (exact) mass is 2280 g/mol. The maximum atomic E-state index is 4.83. The first-order valence-electron chi connectivity index (χ1n) is 51.3. The Bertz CT molecular complexity index is 3720. The Labute approximate surface area is 921 Å². The number of allylic oxidation sites excluding steroid dienone is 3. The van der Waals surface area contributed by atoms with Gasteiger partial charge in [-0.3, -0.25) is 24.9 Å². The summed E-state index contributed by atoms with van der Waals surface area (Å²) in [5.41, 5.74) is 9.84. The average molecular weight is 2270 g/mol. The molecule has 0 radical (unpaired) electrons. The molecule has 0 amide bonds. The number of furan rings is 1. The van der Waals surface area contributed by atoms with Crippen LogP contribution in [0.5, 0.6) is 0 Å². The van der Waals surface area contributed by atoms with Crippen LogP contribution in [0.3, 0.4) is 0 Å². The molecule has 17 rings (SSSR count). The molecule has 1 aliphatic heterocycles. The molecule has 1 aliphatic rings. The maximum absolute atomic E-state index is 4.83. The van der Waals surface area contributed by atoms with Crippen LogP contribution >= 0.6 is 34.0 Å². The van der Waals surface area contributed by atoms with Gasteiger partial charge in [-0.05, 0) is 173 Å². The van der Waals surface area contributed by atoms with Crippen LogP contribution in [0.4, 0.5) is 0 Å². The van der Waals surface area contributed by atoms with Gasteiger partial charge < -0.3 is 13.3 Å². The molecule has 17 heterocycles. The van der Waals surface area contributed by atoms with Crippen molar-refractivity contribution in [2.24, 2.45) is 0 Å². The van der Waals surface area contributed by atoms with Gasteiger partial charge in [-0.2, -0.15) is 0 Å². The Kier molecular flexibility index (Phi) is 194. The molecule has 0 spiro atoms. The summed E-state index contributed by atoms with van der Waals surface area (Å²) in [6, 6.07) is 29.6. The second kappa shape index (κ2) is 162. The van der Waals surface area contributed by atoms with Crippen LogP contribution in [-0.4, -0.2) is 141 Å². The van der Waals surface area contributed by atoms with Gasteiger partial charge >= 0.3 is 127 Å². The van der Waals surface area contributed by atoms with E-state index >= 15 is 0 Å². The first kappa shape index (κ1) is 174. The summed E-state index contributed by atoms with van der Waals surface area (Å²) < 4.78 is 18.5. The normalized spacial score (nSPS) is 8.24. The second-order valence-electron chi connectivity index (χ2n) is 22.9. The van der Waals surface area contributed by atoms with E-state index in [0.29, 0.717) is 43.5 Å². The molecule has 0 bridgehead atoms. The third-order valence-corrected chi connectivity index (χ3v) is 22.5. The molecule has 28 heteroatoms. The summed E-state index contributed by atoms with van der Waals surface area (Å²) in [5, 5.41) is 8.75. The predicted octanol–water partition coefficient (Wildman–Crippen LogP) is 36.9. The van der Waals surface area contributed by atoms with E-state index in [1.165, 1.54) is 66.0 Å². The quantitative estimate of drug-likeness (QED) is 0.128. The first-order chi connectivity index (χ1) is 70.4. The largest absolute Gasteiger partial charge is 0.449 e. The van der Waals surface area contributed by atoms with Crippen molar-refractivity contribution in [3.05, 3.63) is 374 Å². The van der Waals surface area contributed by atoms with Crippen molar-refractivity contribution in [3.63, 3.8) is 0 Å². The third-order valence-electron chi connectivity index (χ3n) is 12.4. The van der Waals surface area contributed by atoms with Gasteiger partial charge in [0.25, 0.3) is 0 Å². The Morgan fingerprint density at radius 3 is 0.986 bits per heavy atom. The molecule has 0 saturated carbocycles. The van der Waals surface area contributed by atoms with Crippen LogP contribution in [0.1, 0.15) is 328 Å². The molecule has 0 saturated heterocycles. The summed E-state index contributed by atoms with van der Waals surface area (Å²) in [5.74, 6) is 4.12. The fourth-order valence-electron chi connectivity index (χ4n) is 6.31. The van der Waals surface area contributed by atoms with Crippen molar-refractivity contribution >= 4 is 85.6 Å². The number of aryl methyl sites for hydroxylation is 16. The summed E-state index contributed by atoms with van der Waals surface area (Å²) >= 11 is 7.01. The Morgan fingerprint density at radius 2 is 0.821 bits per heavy atom. The average Bonchev–Trinajstić information content (AvgIpc) is 1.73. The van der Waals surface area contributed by atoms with Crippen LogP contribution in [-0.2, 0) is 0 Å². The van der Waals surface area contributed by atoms with Gasteiger partial charge in [0.2, 0.25) is 0 Å². The molecule has 145 heavy (non-hydrogen) atoms. The minimum Gasteiger partial charge on any atom is -0.449 e. The third kappa shape index (κ3) is 157. The number of oxazole rings is 2. The SMILES string of the molecule is CC.CC.CC.CC.CC.CC.CC.CC.CC.CC.CC.CC.CC.CC.CC.CC.CC.CC1=CC=C[Si]1(C)C.Cc1ccc[se]1.Cc1ccccn1.Cc1cccnc1.Cc1ccco1.Cc1cccs1.Cc1ccncc1.Cc1ccncn1.Cc1cnc[se]1.Cc1cncnc1.Cc1cnco1.Cc1cncs1.Cc1ncc[se]1.Cc1ncccn1.Cc1ncco1.Cc1nccs1.Cc1ncncn1. The van der Waals surface area contributed by atoms with E-state index in [-0.39, 0.29) is 0 Å². The van der Waals surface area contributed by atoms with E-state index in [4.69, 9.17) is 13.3 Å². The van der Waals surface area contributed by atoms with Gasteiger partial charge in [0.15, 0.2) is 12.3 Å². The number of hydrogen-bond acceptors (Lipinski definition) is 24. The number of thiophene rings is 1. The van der Waals surface area contributed by atoms with E-state index in [1.54, 1.807) is 139 Å². The van der Waals surface area contributed by atoms with E-state index in [0.717, 1.165) is 51.0 Å². The molecule has 0 unspecified atom stereocenters. The van der Waals surface area contributed by atoms with Crippen LogP contribution in [0, 0.1) is 111 Å². The zero-order valence-electron chi connectivity index (χ0n) is 101. The van der Waals surface area contributed by atoms with Gasteiger partial charge in [0, 0.05) is 108 Å². The molecule has 822 valence electrons. The number of thiazole rings is 2. The van der Waals surface area contributed by atoms with Crippen molar-refractivity contribution in [1.82, 2.24) is 89.7 Å². The number of pyridine rings is 3. The van der Waals surface area contributed by atoms with Crippen LogP contribution < -0.4 is 0 Å². The van der Waals surface area contributed by atoms with E-state index in [9.17, 15) is 0 Å². The van der Waals surface area contributed by atoms with E-state index in [1.807, 2.05) is 413 Å². The molecule has 16 aromatic rings. The smallest absolute Gasteiger partial charge is 0.190 e. The topological polar surface area (TPSA) is 271 Å². The van der Waals surface area contributed by atoms with E-state index in [2.05, 4.69) is 195 Å². The predicted molar refractivity (Wildman–Crippen MR) is 654 cm³/mol. The molecule has 16 aromatic heterocycles. The Balaban J connectivity index is -0.0000000786. The summed E-state index contributed by atoms with van der Waals surface area (Å²) in [4.78, 5) is 75.8. The molecule has 0 fully saturated rings. The molecular formula is C117H206N18O3S3Se3Si. The van der Waals surface area contributed by atoms with Crippen molar-refractivity contribution in [2.75, 3.05) is 0 Å². The standard InChI is InChI=1S/C7H12Si.3C6H7N.3C5H6N2.C5H6O.C5H6S.C5H6Se.C4H5N3.2C4H5NO.2C4H5NS.2C4H5NSe.17C2H6/c1-7-5-4-6-8(7,2)3;1-6-2-4-7-5-3-6;1-6-3-2-4-7-5-6;1-6-4-2-3-5-7-6;1-5-2-6-4-7-3-5;1-5-2-3-6-4-7-5;1-5-6-3-2-4-7-5;3*1-5-3-2-4-6-5;1-4-6-2-5-3-7-4;1-4-2-5-3-6-4;1-4-5-2-3-6-4;1-4-2-5-3-6-4;1-4-5-2-3-6-4;1-4-2-5-3-6-4;1-4-5-2-3-6-4;17*1-2/h4-6H,1-3H3;3*2-5H,1H3;3*2-4H,1H3;3*2-4H,1H3;2-3H,1H3;6*2-3H,1H3;17*1-2H3. The summed E-state index contributed by atoms with van der Waals surface area (Å²) in [6.45, 7) is 107. The van der Waals surface area contributed by atoms with Crippen molar-refractivity contribution in [2.45, 2.75) is 366 Å². The molecule has 0 aromatic carbocycles. The van der Waals surface area contributed by atoms with Crippen LogP contribution in [0.25, 0.3) is 0 Å². The van der Waals surface area contributed by atoms with E-state index < -0.39 is 8.07 Å². The zero-order valence-corrected chi connectivity index (χ0v) is 109. The number of hydrogen-bond donors (Lipinski definition) is 0. The number of aromatic nitrogens is 18. The molecule has 0 aliphatic carbocycles. The fourth-order valence-corrected chi connectivity index (χ4v) is 11.9. The van der Waals surface area contributed by atoms with Gasteiger partial charge in [0.05, 0.1) is 37.2 Å².